The molecule has 0 amide bonds. The van der Waals surface area contributed by atoms with Gasteiger partial charge in [-0.25, -0.2) is 0 Å². The van der Waals surface area contributed by atoms with Crippen LogP contribution in [-0.4, -0.2) is 0 Å². The van der Waals surface area contributed by atoms with Crippen molar-refractivity contribution in [2.24, 2.45) is 0 Å². The summed E-state index contributed by atoms with van der Waals surface area (Å²) in [6.07, 6.45) is 2.04. The van der Waals surface area contributed by atoms with Crippen LogP contribution in [0.2, 0.25) is 0 Å². The molecule has 0 heterocycles. The zero-order chi connectivity index (χ0) is 49.5. The summed E-state index contributed by atoms with van der Waals surface area (Å²) in [6.45, 7) is 0. The molecule has 12 aromatic carbocycles. The molecule has 0 saturated carbocycles. The van der Waals surface area contributed by atoms with E-state index in [1.54, 1.807) is 0 Å². The van der Waals surface area contributed by atoms with Gasteiger partial charge in [0.25, 0.3) is 0 Å². The highest BCUT2D eigenvalue weighted by molar-refractivity contribution is 6.00. The summed E-state index contributed by atoms with van der Waals surface area (Å²) in [5, 5.41) is 4.81. The number of benzene rings is 12. The summed E-state index contributed by atoms with van der Waals surface area (Å²) in [7, 11) is 0. The molecule has 1 unspecified atom stereocenters. The van der Waals surface area contributed by atoms with E-state index in [0.717, 1.165) is 75.2 Å². The molecule has 12 rings (SSSR count). The second kappa shape index (κ2) is 21.1. The van der Waals surface area contributed by atoms with E-state index in [1.165, 1.54) is 38.2 Å². The van der Waals surface area contributed by atoms with Gasteiger partial charge in [-0.1, -0.05) is 206 Å². The van der Waals surface area contributed by atoms with Crippen molar-refractivity contribution in [2.75, 3.05) is 14.7 Å². The Hall–Kier alpha value is -9.44. The number of aryl methyl sites for hydroxylation is 1. The number of anilines is 9. The summed E-state index contributed by atoms with van der Waals surface area (Å²) in [5.74, 6) is 0.276. The Balaban J connectivity index is 0.875. The number of rotatable bonds is 15. The van der Waals surface area contributed by atoms with Crippen LogP contribution in [-0.2, 0) is 6.42 Å². The molecule has 3 heteroatoms. The number of hydrogen-bond acceptors (Lipinski definition) is 3. The predicted octanol–water partition coefficient (Wildman–Crippen LogP) is 19.8. The van der Waals surface area contributed by atoms with Gasteiger partial charge in [-0.05, 0) is 148 Å². The number of hydrogen-bond donors (Lipinski definition) is 0. The van der Waals surface area contributed by atoms with Crippen LogP contribution in [0, 0.1) is 0 Å². The quantitative estimate of drug-likeness (QED) is 0.101. The van der Waals surface area contributed by atoms with Crippen molar-refractivity contribution >= 4 is 72.7 Å². The van der Waals surface area contributed by atoms with E-state index in [0.29, 0.717) is 0 Å². The van der Waals surface area contributed by atoms with Crippen LogP contribution < -0.4 is 14.7 Å². The maximum absolute atomic E-state index is 2.41. The molecule has 3 nitrogen and oxygen atoms in total. The van der Waals surface area contributed by atoms with E-state index < -0.39 is 0 Å². The standard InChI is InChI=1S/C71H55N3/c1-5-19-53(20-6-1)35-52-67(56-21-7-2-8-22-56)59-40-46-65(47-41-59)73(70-33-17-25-57-23-13-15-31-68(57)70)63-42-36-54(37-43-63)55-38-44-64(45-39-55)74(71-34-18-26-58-24-14-16-32-69(58)71)66-50-48-62(49-51-66)72(60-27-9-3-10-28-60)61-29-11-4-12-30-61/h1-34,36-51,67H,35,52H2. The second-order valence-corrected chi connectivity index (χ2v) is 18.9. The van der Waals surface area contributed by atoms with E-state index >= 15 is 0 Å². The molecule has 0 bridgehead atoms. The molecule has 354 valence electrons. The Morgan fingerprint density at radius 1 is 0.243 bits per heavy atom. The maximum atomic E-state index is 2.41. The third-order valence-electron chi connectivity index (χ3n) is 14.3. The van der Waals surface area contributed by atoms with Crippen molar-refractivity contribution in [1.82, 2.24) is 0 Å². The van der Waals surface area contributed by atoms with Crippen molar-refractivity contribution in [3.63, 3.8) is 0 Å². The monoisotopic (exact) mass is 949 g/mol. The lowest BCUT2D eigenvalue weighted by Crippen LogP contribution is -2.12. The minimum atomic E-state index is 0.276. The fraction of sp³-hybridized carbons (Fsp3) is 0.0423. The first-order chi connectivity index (χ1) is 36.7. The minimum Gasteiger partial charge on any atom is -0.311 e. The molecule has 0 aliphatic heterocycles. The third kappa shape index (κ3) is 9.55. The zero-order valence-electron chi connectivity index (χ0n) is 41.2. The molecule has 0 aromatic heterocycles. The van der Waals surface area contributed by atoms with Crippen molar-refractivity contribution in [2.45, 2.75) is 18.8 Å². The third-order valence-corrected chi connectivity index (χ3v) is 14.3. The number of nitrogens with zero attached hydrogens (tertiary/aromatic N) is 3. The summed E-state index contributed by atoms with van der Waals surface area (Å²) in [6, 6.07) is 110. The summed E-state index contributed by atoms with van der Waals surface area (Å²) >= 11 is 0. The van der Waals surface area contributed by atoms with Gasteiger partial charge < -0.3 is 14.7 Å². The average molecular weight is 950 g/mol. The van der Waals surface area contributed by atoms with Crippen LogP contribution in [0.1, 0.15) is 29.0 Å². The molecule has 0 saturated heterocycles. The van der Waals surface area contributed by atoms with Gasteiger partial charge in [0, 0.05) is 56.5 Å². The van der Waals surface area contributed by atoms with Gasteiger partial charge in [-0.15, -0.1) is 0 Å². The van der Waals surface area contributed by atoms with Gasteiger partial charge >= 0.3 is 0 Å². The molecule has 0 radical (unpaired) electrons. The van der Waals surface area contributed by atoms with Crippen LogP contribution in [0.3, 0.4) is 0 Å². The first kappa shape index (κ1) is 45.7. The molecule has 0 N–H and O–H groups in total. The fourth-order valence-electron chi connectivity index (χ4n) is 10.6. The fourth-order valence-corrected chi connectivity index (χ4v) is 10.6. The van der Waals surface area contributed by atoms with Crippen LogP contribution in [0.15, 0.2) is 303 Å². The van der Waals surface area contributed by atoms with Crippen LogP contribution in [0.4, 0.5) is 51.2 Å². The lowest BCUT2D eigenvalue weighted by molar-refractivity contribution is 0.715. The topological polar surface area (TPSA) is 9.72 Å². The Morgan fingerprint density at radius 3 is 1.03 bits per heavy atom. The van der Waals surface area contributed by atoms with Crippen molar-refractivity contribution in [3.8, 4) is 11.1 Å². The number of fused-ring (bicyclic) bond motifs is 2. The SMILES string of the molecule is c1ccc(CCC(c2ccccc2)c2ccc(N(c3ccc(-c4ccc(N(c5ccc(N(c6ccccc6)c6ccccc6)cc5)c5cccc6ccccc56)cc4)cc3)c3cccc4ccccc34)cc2)cc1. The molecule has 1 atom stereocenters. The predicted molar refractivity (Wildman–Crippen MR) is 314 cm³/mol. The van der Waals surface area contributed by atoms with Crippen LogP contribution >= 0.6 is 0 Å². The highest BCUT2D eigenvalue weighted by Crippen LogP contribution is 2.44. The molecule has 74 heavy (non-hydrogen) atoms. The maximum Gasteiger partial charge on any atom is 0.0540 e. The van der Waals surface area contributed by atoms with Gasteiger partial charge in [-0.3, -0.25) is 0 Å². The highest BCUT2D eigenvalue weighted by atomic mass is 15.2. The molecule has 0 aliphatic carbocycles. The first-order valence-electron chi connectivity index (χ1n) is 25.7. The van der Waals surface area contributed by atoms with Gasteiger partial charge in [0.05, 0.1) is 11.4 Å². The van der Waals surface area contributed by atoms with Gasteiger partial charge in [0.2, 0.25) is 0 Å². The Bertz CT molecular complexity index is 3700. The van der Waals surface area contributed by atoms with E-state index in [-0.39, 0.29) is 5.92 Å². The smallest absolute Gasteiger partial charge is 0.0540 e. The van der Waals surface area contributed by atoms with E-state index in [2.05, 4.69) is 318 Å². The van der Waals surface area contributed by atoms with Crippen molar-refractivity contribution < 1.29 is 0 Å². The van der Waals surface area contributed by atoms with Gasteiger partial charge in [0.1, 0.15) is 0 Å². The van der Waals surface area contributed by atoms with Crippen LogP contribution in [0.25, 0.3) is 32.7 Å². The first-order valence-corrected chi connectivity index (χ1v) is 25.7. The largest absolute Gasteiger partial charge is 0.311 e. The average Bonchev–Trinajstić information content (AvgIpc) is 3.48. The lowest BCUT2D eigenvalue weighted by atomic mass is 9.86. The zero-order valence-corrected chi connectivity index (χ0v) is 41.2. The number of para-hydroxylation sites is 2. The summed E-state index contributed by atoms with van der Waals surface area (Å²) in [5.41, 5.74) is 16.3. The Kier molecular flexibility index (Phi) is 13.0. The lowest BCUT2D eigenvalue weighted by Gasteiger charge is -2.29. The Morgan fingerprint density at radius 2 is 0.568 bits per heavy atom. The van der Waals surface area contributed by atoms with Gasteiger partial charge in [-0.2, -0.15) is 0 Å². The molecular weight excluding hydrogens is 895 g/mol. The normalized spacial score (nSPS) is 11.6. The molecule has 0 aliphatic rings. The molecular formula is C71H55N3. The molecule has 0 fully saturated rings. The van der Waals surface area contributed by atoms with E-state index in [9.17, 15) is 0 Å². The summed E-state index contributed by atoms with van der Waals surface area (Å²) in [4.78, 5) is 7.10. The van der Waals surface area contributed by atoms with Crippen molar-refractivity contribution in [1.29, 1.82) is 0 Å². The molecule has 12 aromatic rings. The summed E-state index contributed by atoms with van der Waals surface area (Å²) < 4.78 is 0. The highest BCUT2D eigenvalue weighted by Gasteiger charge is 2.21. The second-order valence-electron chi connectivity index (χ2n) is 18.9. The molecule has 0 spiro atoms. The van der Waals surface area contributed by atoms with Crippen molar-refractivity contribution in [3.05, 3.63) is 320 Å². The van der Waals surface area contributed by atoms with E-state index in [1.807, 2.05) is 0 Å². The van der Waals surface area contributed by atoms with E-state index in [4.69, 9.17) is 0 Å². The van der Waals surface area contributed by atoms with Gasteiger partial charge in [0.15, 0.2) is 0 Å². The minimum absolute atomic E-state index is 0.276. The Labute approximate surface area is 435 Å². The van der Waals surface area contributed by atoms with Crippen LogP contribution in [0.5, 0.6) is 0 Å².